The topological polar surface area (TPSA) is 82.7 Å². The zero-order valence-electron chi connectivity index (χ0n) is 5.52. The van der Waals surface area contributed by atoms with Crippen LogP contribution < -0.4 is 11.3 Å². The first-order chi connectivity index (χ1) is 5.11. The molecule has 0 atom stereocenters. The average molecular weight is 172 g/mol. The highest BCUT2D eigenvalue weighted by Crippen LogP contribution is 2.02. The van der Waals surface area contributed by atoms with E-state index in [0.717, 1.165) is 0 Å². The Morgan fingerprint density at radius 3 is 2.82 bits per heavy atom. The molecule has 0 saturated carbocycles. The normalized spacial score (nSPS) is 9.55. The molecule has 0 radical (unpaired) electrons. The molecule has 1 heterocycles. The van der Waals surface area contributed by atoms with Gasteiger partial charge < -0.3 is 10.7 Å². The van der Waals surface area contributed by atoms with Gasteiger partial charge in [-0.1, -0.05) is 11.6 Å². The number of aromatic amines is 1. The van der Waals surface area contributed by atoms with Crippen molar-refractivity contribution >= 4 is 17.4 Å². The molecule has 58 valence electrons. The van der Waals surface area contributed by atoms with Crippen molar-refractivity contribution in [2.45, 2.75) is 0 Å². The molecule has 1 aromatic rings. The lowest BCUT2D eigenvalue weighted by atomic mass is 10.3. The van der Waals surface area contributed by atoms with Crippen molar-refractivity contribution in [3.05, 3.63) is 33.2 Å². The van der Waals surface area contributed by atoms with Crippen LogP contribution in [0.3, 0.4) is 0 Å². The van der Waals surface area contributed by atoms with Crippen LogP contribution in [0.5, 0.6) is 0 Å². The van der Waals surface area contributed by atoms with Gasteiger partial charge in [-0.05, 0) is 6.07 Å². The van der Waals surface area contributed by atoms with Crippen LogP contribution in [-0.2, 0) is 0 Å². The fourth-order valence-corrected chi connectivity index (χ4v) is 0.784. The molecule has 0 amide bonds. The molecule has 0 aliphatic heterocycles. The average Bonchev–Trinajstić information content (AvgIpc) is 1.94. The molecule has 1 rings (SSSR count). The minimum absolute atomic E-state index is 0.0395. The van der Waals surface area contributed by atoms with Crippen molar-refractivity contribution in [1.82, 2.24) is 4.98 Å². The van der Waals surface area contributed by atoms with Gasteiger partial charge in [-0.25, -0.2) is 0 Å². The molecule has 4 N–H and O–H groups in total. The Morgan fingerprint density at radius 2 is 2.36 bits per heavy atom. The fraction of sp³-hybridized carbons (Fsp3) is 0. The first-order valence-corrected chi connectivity index (χ1v) is 3.21. The highest BCUT2D eigenvalue weighted by molar-refractivity contribution is 6.30. The molecule has 0 spiro atoms. The smallest absolute Gasteiger partial charge is 0.266 e. The molecule has 1 aromatic heterocycles. The number of amidine groups is 1. The minimum Gasteiger partial charge on any atom is -0.384 e. The Balaban J connectivity index is 3.26. The second-order valence-electron chi connectivity index (χ2n) is 1.98. The number of aromatic nitrogens is 1. The van der Waals surface area contributed by atoms with E-state index in [1.54, 1.807) is 0 Å². The Morgan fingerprint density at radius 1 is 1.73 bits per heavy atom. The van der Waals surface area contributed by atoms with Crippen LogP contribution in [0.25, 0.3) is 0 Å². The lowest BCUT2D eigenvalue weighted by Crippen LogP contribution is -2.15. The first-order valence-electron chi connectivity index (χ1n) is 2.84. The summed E-state index contributed by atoms with van der Waals surface area (Å²) in [5.74, 6) is -0.122. The van der Waals surface area contributed by atoms with Gasteiger partial charge >= 0.3 is 0 Å². The number of halogens is 1. The second-order valence-corrected chi connectivity index (χ2v) is 2.39. The van der Waals surface area contributed by atoms with Gasteiger partial charge in [0.2, 0.25) is 0 Å². The zero-order valence-corrected chi connectivity index (χ0v) is 6.27. The molecular weight excluding hydrogens is 166 g/mol. The lowest BCUT2D eigenvalue weighted by Gasteiger charge is -1.95. The maximum absolute atomic E-state index is 10.7. The van der Waals surface area contributed by atoms with Gasteiger partial charge in [0.05, 0.1) is 0 Å². The number of hydrogen-bond donors (Lipinski definition) is 3. The van der Waals surface area contributed by atoms with Crippen LogP contribution in [0, 0.1) is 5.41 Å². The third-order valence-corrected chi connectivity index (χ3v) is 1.45. The molecule has 0 fully saturated rings. The number of nitrogens with two attached hydrogens (primary N) is 1. The summed E-state index contributed by atoms with van der Waals surface area (Å²) in [6.07, 6.45) is 1.34. The van der Waals surface area contributed by atoms with Crippen LogP contribution >= 0.6 is 11.6 Å². The van der Waals surface area contributed by atoms with Gasteiger partial charge in [0.25, 0.3) is 5.56 Å². The Bertz CT molecular complexity index is 344. The van der Waals surface area contributed by atoms with Gasteiger partial charge in [-0.15, -0.1) is 0 Å². The van der Waals surface area contributed by atoms with E-state index in [0.29, 0.717) is 5.56 Å². The monoisotopic (exact) mass is 171 g/mol. The van der Waals surface area contributed by atoms with Gasteiger partial charge in [-0.2, -0.15) is 0 Å². The Hall–Kier alpha value is -1.29. The summed E-state index contributed by atoms with van der Waals surface area (Å²) in [4.78, 5) is 13.0. The SMILES string of the molecule is N=C(N)c1c[nH]c(=O)c(Cl)c1. The minimum atomic E-state index is -0.378. The van der Waals surface area contributed by atoms with Gasteiger partial charge in [0, 0.05) is 11.8 Å². The second kappa shape index (κ2) is 2.75. The number of nitrogens with one attached hydrogen (secondary N) is 2. The third-order valence-electron chi connectivity index (χ3n) is 1.17. The lowest BCUT2D eigenvalue weighted by molar-refractivity contribution is 1.22. The maximum atomic E-state index is 10.7. The van der Waals surface area contributed by atoms with E-state index in [2.05, 4.69) is 4.98 Å². The Kier molecular flexibility index (Phi) is 1.96. The van der Waals surface area contributed by atoms with Crippen molar-refractivity contribution < 1.29 is 0 Å². The van der Waals surface area contributed by atoms with Crippen LogP contribution in [0.1, 0.15) is 5.56 Å². The van der Waals surface area contributed by atoms with Crippen molar-refractivity contribution in [3.8, 4) is 0 Å². The van der Waals surface area contributed by atoms with E-state index in [1.807, 2.05) is 0 Å². The molecule has 5 heteroatoms. The predicted molar refractivity (Wildman–Crippen MR) is 43.1 cm³/mol. The summed E-state index contributed by atoms with van der Waals surface area (Å²) in [5, 5.41) is 7.04. The molecular formula is C6H6ClN3O. The first kappa shape index (κ1) is 7.81. The maximum Gasteiger partial charge on any atom is 0.266 e. The standard InChI is InChI=1S/C6H6ClN3O/c7-4-1-3(5(8)9)2-10-6(4)11/h1-2H,(H3,8,9)(H,10,11). The highest BCUT2D eigenvalue weighted by atomic mass is 35.5. The number of rotatable bonds is 1. The number of pyridine rings is 1. The molecule has 4 nitrogen and oxygen atoms in total. The highest BCUT2D eigenvalue weighted by Gasteiger charge is 1.99. The van der Waals surface area contributed by atoms with E-state index in [-0.39, 0.29) is 16.4 Å². The zero-order chi connectivity index (χ0) is 8.43. The summed E-state index contributed by atoms with van der Waals surface area (Å²) in [6, 6.07) is 1.35. The van der Waals surface area contributed by atoms with Gasteiger partial charge in [0.1, 0.15) is 10.9 Å². The predicted octanol–water partition coefficient (Wildman–Crippen LogP) is 0.312. The van der Waals surface area contributed by atoms with Gasteiger partial charge in [0.15, 0.2) is 0 Å². The fourth-order valence-electron chi connectivity index (χ4n) is 0.611. The molecule has 11 heavy (non-hydrogen) atoms. The quantitative estimate of drug-likeness (QED) is 0.420. The van der Waals surface area contributed by atoms with Crippen molar-refractivity contribution in [3.63, 3.8) is 0 Å². The Labute approximate surface area is 67.5 Å². The van der Waals surface area contributed by atoms with Crippen LogP contribution in [0.2, 0.25) is 5.02 Å². The molecule has 0 aliphatic carbocycles. The molecule has 0 saturated heterocycles. The van der Waals surface area contributed by atoms with E-state index in [4.69, 9.17) is 22.7 Å². The summed E-state index contributed by atoms with van der Waals surface area (Å²) >= 11 is 5.46. The van der Waals surface area contributed by atoms with E-state index < -0.39 is 0 Å². The summed E-state index contributed by atoms with van der Waals surface area (Å²) in [6.45, 7) is 0. The van der Waals surface area contributed by atoms with Crippen molar-refractivity contribution in [1.29, 1.82) is 5.41 Å². The van der Waals surface area contributed by atoms with Gasteiger partial charge in [-0.3, -0.25) is 10.2 Å². The van der Waals surface area contributed by atoms with Crippen LogP contribution in [-0.4, -0.2) is 10.8 Å². The molecule has 0 unspecified atom stereocenters. The van der Waals surface area contributed by atoms with Crippen LogP contribution in [0.4, 0.5) is 0 Å². The van der Waals surface area contributed by atoms with Crippen molar-refractivity contribution in [2.75, 3.05) is 0 Å². The van der Waals surface area contributed by atoms with E-state index in [9.17, 15) is 4.79 Å². The number of H-pyrrole nitrogens is 1. The molecule has 0 bridgehead atoms. The van der Waals surface area contributed by atoms with Crippen molar-refractivity contribution in [2.24, 2.45) is 5.73 Å². The molecule has 0 aromatic carbocycles. The van der Waals surface area contributed by atoms with E-state index >= 15 is 0 Å². The summed E-state index contributed by atoms with van der Waals surface area (Å²) in [5.41, 5.74) is 5.17. The van der Waals surface area contributed by atoms with Crippen LogP contribution in [0.15, 0.2) is 17.1 Å². The number of hydrogen-bond acceptors (Lipinski definition) is 2. The third kappa shape index (κ3) is 1.59. The largest absolute Gasteiger partial charge is 0.384 e. The van der Waals surface area contributed by atoms with E-state index in [1.165, 1.54) is 12.3 Å². The molecule has 0 aliphatic rings. The number of nitrogen functional groups attached to an aromatic ring is 1. The summed E-state index contributed by atoms with van der Waals surface area (Å²) in [7, 11) is 0. The summed E-state index contributed by atoms with van der Waals surface area (Å²) < 4.78 is 0.